The highest BCUT2D eigenvalue weighted by Crippen LogP contribution is 2.22. The van der Waals surface area contributed by atoms with Gasteiger partial charge in [-0.15, -0.1) is 0 Å². The number of aliphatic hydroxyl groups excluding tert-OH is 1. The maximum absolute atomic E-state index is 14.9. The van der Waals surface area contributed by atoms with Gasteiger partial charge in [0, 0.05) is 48.5 Å². The highest BCUT2D eigenvalue weighted by Gasteiger charge is 2.46. The van der Waals surface area contributed by atoms with E-state index in [0.29, 0.717) is 5.56 Å². The van der Waals surface area contributed by atoms with Crippen molar-refractivity contribution in [1.82, 2.24) is 36.0 Å². The summed E-state index contributed by atoms with van der Waals surface area (Å²) >= 11 is 0. The molecule has 22 nitrogen and oxygen atoms in total. The molecule has 7 amide bonds. The van der Waals surface area contributed by atoms with Crippen molar-refractivity contribution in [2.45, 2.75) is 142 Å². The number of likely N-dealkylation sites (N-methyl/N-ethyl adjacent to an activating group) is 3. The van der Waals surface area contributed by atoms with E-state index in [1.807, 2.05) is 0 Å². The van der Waals surface area contributed by atoms with Crippen molar-refractivity contribution in [3.8, 4) is 0 Å². The van der Waals surface area contributed by atoms with Gasteiger partial charge in [-0.3, -0.25) is 33.6 Å². The summed E-state index contributed by atoms with van der Waals surface area (Å²) in [5.74, 6) is -11.2. The van der Waals surface area contributed by atoms with E-state index >= 15 is 0 Å². The number of esters is 3. The number of aliphatic hydroxyl groups is 1. The Morgan fingerprint density at radius 2 is 1.40 bits per heavy atom. The smallest absolute Gasteiger partial charge is 0.333 e. The summed E-state index contributed by atoms with van der Waals surface area (Å²) < 4.78 is 22.9. The van der Waals surface area contributed by atoms with Crippen molar-refractivity contribution in [1.29, 1.82) is 0 Å². The lowest BCUT2D eigenvalue weighted by atomic mass is 9.95. The third-order valence-corrected chi connectivity index (χ3v) is 11.5. The number of carbonyl (C=O) groups excluding carboxylic acids is 10. The third-order valence-electron chi connectivity index (χ3n) is 11.5. The summed E-state index contributed by atoms with van der Waals surface area (Å²) in [4.78, 5) is 140. The zero-order valence-corrected chi connectivity index (χ0v) is 41.3. The van der Waals surface area contributed by atoms with E-state index in [0.717, 1.165) is 28.5 Å². The first-order chi connectivity index (χ1) is 31.6. The zero-order chi connectivity index (χ0) is 52.1. The molecule has 0 radical (unpaired) electrons. The highest BCUT2D eigenvalue weighted by molar-refractivity contribution is 6.01. The van der Waals surface area contributed by atoms with E-state index in [2.05, 4.69) is 27.8 Å². The summed E-state index contributed by atoms with van der Waals surface area (Å²) in [6.07, 6.45) is -7.68. The number of carbonyl (C=O) groups is 10. The second kappa shape index (κ2) is 25.6. The molecule has 2 rings (SSSR count). The highest BCUT2D eigenvalue weighted by atomic mass is 16.6. The number of nitrogens with zero attached hydrogens (tertiary/aromatic N) is 3. The maximum Gasteiger partial charge on any atom is 0.333 e. The molecule has 1 unspecified atom stereocenters. The number of nitrogens with one attached hydrogen (secondary N) is 4. The molecule has 0 aromatic heterocycles. The van der Waals surface area contributed by atoms with Gasteiger partial charge < -0.3 is 60.0 Å². The summed E-state index contributed by atoms with van der Waals surface area (Å²) in [5, 5.41) is 20.7. The molecule has 5 N–H and O–H groups in total. The fraction of sp³-hybridized carbons (Fsp3) is 0.609. The molecule has 11 atom stereocenters. The van der Waals surface area contributed by atoms with Crippen molar-refractivity contribution in [2.24, 2.45) is 11.8 Å². The standard InChI is InChI=1S/C46H69N7O15/c1-22(2)37(56)34(49-30(11)55)45(63)68-38(23(3)4)35-43(61)53(14)36(28(9)65-15)46(64)66-27(8)33(48-29(10)54)44(62)67-32(21-31-19-17-16-18-20-31)42(60)52(13)25(6)39(57)47-24(5)41(59)51(12)26(7)40(58)50-35/h16-20,22-24,26-28,32-38,56H,6,21H2,1-5,7-15H3,(H,47,57)(H,48,54)(H,49,55)(H,50,58)/t24-,26-,27+,28-,32?,33-,34-,35+,36-,37+,38+/m0/s1. The number of rotatable bonds is 12. The average Bonchev–Trinajstić information content (AvgIpc) is 3.27. The molecular weight excluding hydrogens is 891 g/mol. The quantitative estimate of drug-likeness (QED) is 0.0989. The SMILES string of the molecule is C=C1C(=O)N[C@@H](C)C(=O)N(C)[C@@H](C)C(=O)N[C@H]([C@H](OC(=O)[C@@H](NC(C)=O)[C@H](O)C(C)C)C(C)C)C(=O)N(C)[C@@H]([C@H](C)OC)C(=O)O[C@H](C)[C@H](NC(C)=O)C(=O)OC(Cc2ccccc2)C(=O)N1C. The van der Waals surface area contributed by atoms with E-state index in [4.69, 9.17) is 18.9 Å². The van der Waals surface area contributed by atoms with Crippen molar-refractivity contribution in [2.75, 3.05) is 28.3 Å². The van der Waals surface area contributed by atoms with Gasteiger partial charge in [0.2, 0.25) is 29.5 Å². The molecule has 1 saturated heterocycles. The number of cyclic esters (lactones) is 2. The van der Waals surface area contributed by atoms with Gasteiger partial charge in [0.15, 0.2) is 24.2 Å². The molecule has 1 aliphatic rings. The van der Waals surface area contributed by atoms with Gasteiger partial charge in [0.05, 0.1) is 12.2 Å². The van der Waals surface area contributed by atoms with Crippen LogP contribution >= 0.6 is 0 Å². The third kappa shape index (κ3) is 15.3. The van der Waals surface area contributed by atoms with Crippen molar-refractivity contribution < 1.29 is 72.0 Å². The van der Waals surface area contributed by atoms with E-state index < -0.39 is 144 Å². The molecule has 22 heteroatoms. The average molecular weight is 960 g/mol. The van der Waals surface area contributed by atoms with E-state index in [9.17, 15) is 53.1 Å². The predicted molar refractivity (Wildman–Crippen MR) is 243 cm³/mol. The number of hydrogen-bond donors (Lipinski definition) is 5. The van der Waals surface area contributed by atoms with Crippen LogP contribution in [0.15, 0.2) is 42.6 Å². The van der Waals surface area contributed by atoms with Crippen molar-refractivity contribution in [3.63, 3.8) is 0 Å². The lowest BCUT2D eigenvalue weighted by Crippen LogP contribution is -2.63. The Balaban J connectivity index is 2.89. The minimum absolute atomic E-state index is 0.231. The molecule has 0 aliphatic carbocycles. The predicted octanol–water partition coefficient (Wildman–Crippen LogP) is -0.649. The summed E-state index contributed by atoms with van der Waals surface area (Å²) in [5.41, 5.74) is 0.0526. The summed E-state index contributed by atoms with van der Waals surface area (Å²) in [7, 11) is 4.83. The number of methoxy groups -OCH3 is 1. The first kappa shape index (κ1) is 57.7. The second-order valence-electron chi connectivity index (χ2n) is 17.5. The van der Waals surface area contributed by atoms with Crippen LogP contribution in [0, 0.1) is 11.8 Å². The van der Waals surface area contributed by atoms with Gasteiger partial charge >= 0.3 is 17.9 Å². The number of benzene rings is 1. The van der Waals surface area contributed by atoms with E-state index in [1.165, 1.54) is 55.9 Å². The van der Waals surface area contributed by atoms with Crippen LogP contribution < -0.4 is 21.3 Å². The van der Waals surface area contributed by atoms with Gasteiger partial charge in [0.25, 0.3) is 11.8 Å². The van der Waals surface area contributed by atoms with Crippen LogP contribution in [0.1, 0.15) is 74.8 Å². The molecule has 1 aromatic carbocycles. The Labute approximate surface area is 397 Å². The largest absolute Gasteiger partial charge is 0.458 e. The first-order valence-electron chi connectivity index (χ1n) is 22.1. The zero-order valence-electron chi connectivity index (χ0n) is 41.3. The Bertz CT molecular complexity index is 2030. The van der Waals surface area contributed by atoms with Crippen LogP contribution in [-0.4, -0.2) is 174 Å². The van der Waals surface area contributed by atoms with Crippen LogP contribution in [-0.2, 0) is 73.3 Å². The topological polar surface area (TPSA) is 286 Å². The Kier molecular flexibility index (Phi) is 21.8. The molecule has 1 aliphatic heterocycles. The molecule has 0 spiro atoms. The molecule has 1 heterocycles. The number of amides is 7. The van der Waals surface area contributed by atoms with Crippen molar-refractivity contribution in [3.05, 3.63) is 48.2 Å². The minimum Gasteiger partial charge on any atom is -0.458 e. The molecular formula is C46H69N7O15. The maximum atomic E-state index is 14.9. The van der Waals surface area contributed by atoms with Gasteiger partial charge in [-0.25, -0.2) is 14.4 Å². The van der Waals surface area contributed by atoms with Crippen molar-refractivity contribution >= 4 is 59.3 Å². The lowest BCUT2D eigenvalue weighted by molar-refractivity contribution is -0.174. The fourth-order valence-electron chi connectivity index (χ4n) is 7.04. The van der Waals surface area contributed by atoms with Gasteiger partial charge in [-0.05, 0) is 45.1 Å². The van der Waals surface area contributed by atoms with E-state index in [-0.39, 0.29) is 6.42 Å². The van der Waals surface area contributed by atoms with Gasteiger partial charge in [0.1, 0.15) is 36.0 Å². The van der Waals surface area contributed by atoms with Crippen LogP contribution in [0.4, 0.5) is 0 Å². The molecule has 68 heavy (non-hydrogen) atoms. The van der Waals surface area contributed by atoms with Crippen LogP contribution in [0.2, 0.25) is 0 Å². The Morgan fingerprint density at radius 3 is 1.91 bits per heavy atom. The molecule has 1 fully saturated rings. The van der Waals surface area contributed by atoms with Crippen LogP contribution in [0.5, 0.6) is 0 Å². The number of hydrogen-bond acceptors (Lipinski definition) is 15. The van der Waals surface area contributed by atoms with E-state index in [1.54, 1.807) is 58.0 Å². The summed E-state index contributed by atoms with van der Waals surface area (Å²) in [6.45, 7) is 17.5. The van der Waals surface area contributed by atoms with Gasteiger partial charge in [-0.2, -0.15) is 0 Å². The fourth-order valence-corrected chi connectivity index (χ4v) is 7.04. The van der Waals surface area contributed by atoms with Gasteiger partial charge in [-0.1, -0.05) is 64.6 Å². The molecule has 378 valence electrons. The monoisotopic (exact) mass is 959 g/mol. The second-order valence-corrected chi connectivity index (χ2v) is 17.5. The Morgan fingerprint density at radius 1 is 0.809 bits per heavy atom. The first-order valence-corrected chi connectivity index (χ1v) is 22.1. The Hall–Kier alpha value is -6.42. The summed E-state index contributed by atoms with van der Waals surface area (Å²) in [6, 6.07) is -1.31. The number of ether oxygens (including phenoxy) is 4. The van der Waals surface area contributed by atoms with Crippen LogP contribution in [0.3, 0.4) is 0 Å². The molecule has 1 aromatic rings. The minimum atomic E-state index is -1.86. The molecule has 0 bridgehead atoms. The molecule has 0 saturated carbocycles. The van der Waals surface area contributed by atoms with Crippen LogP contribution in [0.25, 0.3) is 0 Å². The lowest BCUT2D eigenvalue weighted by Gasteiger charge is -2.38. The normalized spacial score (nSPS) is 25.2.